The summed E-state index contributed by atoms with van der Waals surface area (Å²) in [6, 6.07) is 1.92. The maximum Gasteiger partial charge on any atom is 0.153 e. The van der Waals surface area contributed by atoms with Gasteiger partial charge in [-0.3, -0.25) is 5.10 Å². The molecule has 1 aliphatic carbocycles. The van der Waals surface area contributed by atoms with E-state index in [-0.39, 0.29) is 6.10 Å². The van der Waals surface area contributed by atoms with E-state index in [4.69, 9.17) is 4.74 Å². The van der Waals surface area contributed by atoms with Crippen LogP contribution in [-0.4, -0.2) is 38.3 Å². The number of nitrogens with zero attached hydrogens (tertiary/aromatic N) is 4. The third-order valence-corrected chi connectivity index (χ3v) is 4.08. The molecule has 4 rings (SSSR count). The Balaban J connectivity index is 1.40. The van der Waals surface area contributed by atoms with E-state index in [0.29, 0.717) is 11.8 Å². The van der Waals surface area contributed by atoms with Crippen LogP contribution in [0, 0.1) is 5.92 Å². The van der Waals surface area contributed by atoms with Crippen LogP contribution in [0.25, 0.3) is 0 Å². The summed E-state index contributed by atoms with van der Waals surface area (Å²) in [6.07, 6.45) is 6.79. The fraction of sp³-hybridized carbons (Fsp3) is 0.571. The minimum Gasteiger partial charge on any atom is -0.370 e. The van der Waals surface area contributed by atoms with E-state index in [2.05, 4.69) is 30.5 Å². The zero-order chi connectivity index (χ0) is 14.1. The summed E-state index contributed by atoms with van der Waals surface area (Å²) in [7, 11) is 0. The van der Waals surface area contributed by atoms with E-state index in [9.17, 15) is 0 Å². The average Bonchev–Trinajstić information content (AvgIpc) is 3.03. The molecule has 2 aliphatic rings. The second-order valence-corrected chi connectivity index (χ2v) is 5.67. The molecule has 1 aliphatic heterocycles. The first kappa shape index (κ1) is 12.7. The Hall–Kier alpha value is -2.02. The van der Waals surface area contributed by atoms with E-state index in [1.165, 1.54) is 19.2 Å². The molecule has 2 fully saturated rings. The highest BCUT2D eigenvalue weighted by atomic mass is 16.5. The van der Waals surface area contributed by atoms with Crippen molar-refractivity contribution in [2.75, 3.05) is 18.5 Å². The Morgan fingerprint density at radius 3 is 3.05 bits per heavy atom. The molecule has 7 nitrogen and oxygen atoms in total. The largest absolute Gasteiger partial charge is 0.370 e. The van der Waals surface area contributed by atoms with E-state index in [1.807, 2.05) is 12.3 Å². The van der Waals surface area contributed by atoms with Gasteiger partial charge >= 0.3 is 0 Å². The summed E-state index contributed by atoms with van der Waals surface area (Å²) < 4.78 is 5.76. The lowest BCUT2D eigenvalue weighted by molar-refractivity contribution is 0.0864. The van der Waals surface area contributed by atoms with Crippen LogP contribution in [0.15, 0.2) is 18.6 Å². The molecule has 0 radical (unpaired) electrons. The van der Waals surface area contributed by atoms with Gasteiger partial charge in [0.05, 0.1) is 0 Å². The minimum atomic E-state index is -0.00950. The minimum absolute atomic E-state index is 0.00950. The van der Waals surface area contributed by atoms with Crippen LogP contribution in [0.4, 0.5) is 5.82 Å². The molecule has 0 bridgehead atoms. The number of ether oxygens (including phenoxy) is 1. The smallest absolute Gasteiger partial charge is 0.153 e. The molecule has 2 aromatic heterocycles. The first-order valence-electron chi connectivity index (χ1n) is 7.44. The molecule has 1 saturated carbocycles. The molecular formula is C14H18N6O. The quantitative estimate of drug-likeness (QED) is 0.869. The molecule has 0 aromatic carbocycles. The number of hydrogen-bond donors (Lipinski definition) is 2. The molecule has 2 atom stereocenters. The Morgan fingerprint density at radius 2 is 2.24 bits per heavy atom. The lowest BCUT2D eigenvalue weighted by Crippen LogP contribution is -2.19. The van der Waals surface area contributed by atoms with Crippen molar-refractivity contribution in [1.29, 1.82) is 0 Å². The van der Waals surface area contributed by atoms with Gasteiger partial charge in [-0.15, -0.1) is 0 Å². The highest BCUT2D eigenvalue weighted by molar-refractivity contribution is 5.34. The van der Waals surface area contributed by atoms with Crippen LogP contribution < -0.4 is 5.32 Å². The summed E-state index contributed by atoms with van der Waals surface area (Å²) in [6.45, 7) is 1.57. The van der Waals surface area contributed by atoms with E-state index >= 15 is 0 Å². The van der Waals surface area contributed by atoms with Gasteiger partial charge in [-0.25, -0.2) is 15.0 Å². The summed E-state index contributed by atoms with van der Waals surface area (Å²) in [4.78, 5) is 13.1. The summed E-state index contributed by atoms with van der Waals surface area (Å²) in [5, 5.41) is 10.2. The van der Waals surface area contributed by atoms with Crippen molar-refractivity contribution in [2.45, 2.75) is 31.3 Å². The summed E-state index contributed by atoms with van der Waals surface area (Å²) >= 11 is 0. The van der Waals surface area contributed by atoms with Crippen LogP contribution in [-0.2, 0) is 4.74 Å². The summed E-state index contributed by atoms with van der Waals surface area (Å²) in [5.74, 6) is 3.62. The zero-order valence-electron chi connectivity index (χ0n) is 11.7. The van der Waals surface area contributed by atoms with Crippen LogP contribution in [0.5, 0.6) is 0 Å². The molecule has 0 spiro atoms. The van der Waals surface area contributed by atoms with Crippen molar-refractivity contribution in [3.63, 3.8) is 0 Å². The molecule has 7 heteroatoms. The van der Waals surface area contributed by atoms with Gasteiger partial charge in [0.15, 0.2) is 5.82 Å². The van der Waals surface area contributed by atoms with Gasteiger partial charge in [-0.05, 0) is 25.3 Å². The number of aromatic nitrogens is 5. The van der Waals surface area contributed by atoms with Crippen LogP contribution >= 0.6 is 0 Å². The normalized spacial score (nSPS) is 25.1. The second kappa shape index (κ2) is 5.40. The predicted octanol–water partition coefficient (Wildman–Crippen LogP) is 1.66. The first-order chi connectivity index (χ1) is 10.4. The first-order valence-corrected chi connectivity index (χ1v) is 7.44. The predicted molar refractivity (Wildman–Crippen MR) is 75.7 cm³/mol. The van der Waals surface area contributed by atoms with Crippen molar-refractivity contribution < 1.29 is 4.74 Å². The fourth-order valence-corrected chi connectivity index (χ4v) is 2.74. The highest BCUT2D eigenvalue weighted by Crippen LogP contribution is 2.38. The van der Waals surface area contributed by atoms with E-state index in [0.717, 1.165) is 37.0 Å². The molecule has 2 N–H and O–H groups in total. The molecule has 1 saturated heterocycles. The van der Waals surface area contributed by atoms with E-state index in [1.54, 1.807) is 0 Å². The molecule has 2 aromatic rings. The topological polar surface area (TPSA) is 88.6 Å². The lowest BCUT2D eigenvalue weighted by Gasteiger charge is -2.17. The van der Waals surface area contributed by atoms with Crippen molar-refractivity contribution >= 4 is 5.82 Å². The van der Waals surface area contributed by atoms with Crippen molar-refractivity contribution in [2.24, 2.45) is 5.92 Å². The maximum absolute atomic E-state index is 5.76. The SMILES string of the molecule is c1cc(NC[C@@H]2CCO[C@@H]2c2ncn[nH]2)nc(C2CC2)n1. The Morgan fingerprint density at radius 1 is 1.29 bits per heavy atom. The van der Waals surface area contributed by atoms with Gasteiger partial charge < -0.3 is 10.1 Å². The number of rotatable bonds is 5. The average molecular weight is 286 g/mol. The van der Waals surface area contributed by atoms with E-state index < -0.39 is 0 Å². The number of nitrogens with one attached hydrogen (secondary N) is 2. The standard InChI is InChI=1S/C14H18N6O/c1-2-9(1)13-15-5-3-11(19-13)16-7-10-4-6-21-12(10)14-17-8-18-20-14/h3,5,8-10,12H,1-2,4,6-7H2,(H,15,16,19)(H,17,18,20)/t10-,12-/m0/s1. The van der Waals surface area contributed by atoms with Gasteiger partial charge in [-0.1, -0.05) is 0 Å². The van der Waals surface area contributed by atoms with Crippen molar-refractivity contribution in [3.05, 3.63) is 30.2 Å². The molecular weight excluding hydrogens is 268 g/mol. The fourth-order valence-electron chi connectivity index (χ4n) is 2.74. The highest BCUT2D eigenvalue weighted by Gasteiger charge is 2.32. The number of hydrogen-bond acceptors (Lipinski definition) is 6. The Kier molecular flexibility index (Phi) is 3.27. The van der Waals surface area contributed by atoms with Crippen LogP contribution in [0.1, 0.15) is 42.9 Å². The monoisotopic (exact) mass is 286 g/mol. The van der Waals surface area contributed by atoms with Gasteiger partial charge in [0, 0.05) is 31.2 Å². The Bertz CT molecular complexity index is 597. The van der Waals surface area contributed by atoms with Gasteiger partial charge in [0.1, 0.15) is 24.1 Å². The zero-order valence-corrected chi connectivity index (χ0v) is 11.7. The lowest BCUT2D eigenvalue weighted by atomic mass is 10.0. The van der Waals surface area contributed by atoms with Gasteiger partial charge in [0.25, 0.3) is 0 Å². The number of aromatic amines is 1. The number of H-pyrrole nitrogens is 1. The van der Waals surface area contributed by atoms with Crippen molar-refractivity contribution in [1.82, 2.24) is 25.1 Å². The number of anilines is 1. The van der Waals surface area contributed by atoms with Gasteiger partial charge in [-0.2, -0.15) is 5.10 Å². The molecule has 21 heavy (non-hydrogen) atoms. The van der Waals surface area contributed by atoms with Gasteiger partial charge in [0.2, 0.25) is 0 Å². The molecule has 0 unspecified atom stereocenters. The third-order valence-electron chi connectivity index (χ3n) is 4.08. The molecule has 3 heterocycles. The molecule has 0 amide bonds. The van der Waals surface area contributed by atoms with Crippen LogP contribution in [0.2, 0.25) is 0 Å². The second-order valence-electron chi connectivity index (χ2n) is 5.67. The van der Waals surface area contributed by atoms with Crippen LogP contribution in [0.3, 0.4) is 0 Å². The van der Waals surface area contributed by atoms with Crippen molar-refractivity contribution in [3.8, 4) is 0 Å². The summed E-state index contributed by atoms with van der Waals surface area (Å²) in [5.41, 5.74) is 0. The molecule has 110 valence electrons. The Labute approximate surface area is 122 Å². The third kappa shape index (κ3) is 2.73. The maximum atomic E-state index is 5.76.